The van der Waals surface area contributed by atoms with Gasteiger partial charge < -0.3 is 14.4 Å². The number of carbonyl (C=O) groups is 1. The lowest BCUT2D eigenvalue weighted by Crippen LogP contribution is -2.49. The molecule has 1 amide bonds. The van der Waals surface area contributed by atoms with Crippen molar-refractivity contribution < 1.29 is 14.3 Å². The maximum atomic E-state index is 12.7. The maximum absolute atomic E-state index is 12.7. The van der Waals surface area contributed by atoms with Crippen molar-refractivity contribution in [3.63, 3.8) is 0 Å². The van der Waals surface area contributed by atoms with Gasteiger partial charge in [-0.1, -0.05) is 18.2 Å². The summed E-state index contributed by atoms with van der Waals surface area (Å²) in [6, 6.07) is 9.91. The summed E-state index contributed by atoms with van der Waals surface area (Å²) in [6.07, 6.45) is 9.88. The van der Waals surface area contributed by atoms with Gasteiger partial charge in [-0.05, 0) is 37.5 Å². The number of benzene rings is 1. The lowest BCUT2D eigenvalue weighted by molar-refractivity contribution is -0.145. The molecule has 0 aliphatic carbocycles. The number of hydrogen-bond donors (Lipinski definition) is 0. The van der Waals surface area contributed by atoms with Crippen LogP contribution >= 0.6 is 0 Å². The van der Waals surface area contributed by atoms with E-state index >= 15 is 0 Å². The quantitative estimate of drug-likeness (QED) is 0.793. The van der Waals surface area contributed by atoms with Gasteiger partial charge in [-0.3, -0.25) is 4.79 Å². The standard InChI is InChI=1S/C20H23N3O3/c24-19(22-11-5-4-8-18(22)20-25-12-13-26-20)10-9-16-14-21-23(15-16)17-6-2-1-3-7-17/h1-3,6-7,9-10,14-15,18,20H,4-5,8,11-13H2/b10-9+. The summed E-state index contributed by atoms with van der Waals surface area (Å²) in [5.74, 6) is 0.00117. The Labute approximate surface area is 153 Å². The zero-order chi connectivity index (χ0) is 17.8. The van der Waals surface area contributed by atoms with E-state index in [1.54, 1.807) is 17.0 Å². The first-order valence-electron chi connectivity index (χ1n) is 9.13. The summed E-state index contributed by atoms with van der Waals surface area (Å²) in [5, 5.41) is 4.36. The summed E-state index contributed by atoms with van der Waals surface area (Å²) in [7, 11) is 0. The third kappa shape index (κ3) is 3.71. The maximum Gasteiger partial charge on any atom is 0.247 e. The minimum absolute atomic E-state index is 0.00117. The molecule has 0 N–H and O–H groups in total. The number of aromatic nitrogens is 2. The van der Waals surface area contributed by atoms with Crippen LogP contribution in [-0.2, 0) is 14.3 Å². The van der Waals surface area contributed by atoms with Crippen molar-refractivity contribution in [3.05, 3.63) is 54.4 Å². The molecule has 136 valence electrons. The van der Waals surface area contributed by atoms with E-state index in [1.807, 2.05) is 47.5 Å². The highest BCUT2D eigenvalue weighted by atomic mass is 16.7. The van der Waals surface area contributed by atoms with Crippen LogP contribution in [0.2, 0.25) is 0 Å². The monoisotopic (exact) mass is 353 g/mol. The van der Waals surface area contributed by atoms with Crippen LogP contribution in [0.1, 0.15) is 24.8 Å². The molecule has 1 unspecified atom stereocenters. The van der Waals surface area contributed by atoms with Gasteiger partial charge in [-0.2, -0.15) is 5.10 Å². The van der Waals surface area contributed by atoms with Crippen LogP contribution < -0.4 is 0 Å². The number of ether oxygens (including phenoxy) is 2. The van der Waals surface area contributed by atoms with Gasteiger partial charge in [0.05, 0.1) is 31.1 Å². The summed E-state index contributed by atoms with van der Waals surface area (Å²) in [4.78, 5) is 14.6. The molecule has 2 aromatic rings. The number of rotatable bonds is 4. The number of amides is 1. The van der Waals surface area contributed by atoms with Crippen molar-refractivity contribution in [1.82, 2.24) is 14.7 Å². The molecule has 0 bridgehead atoms. The summed E-state index contributed by atoms with van der Waals surface area (Å²) < 4.78 is 13.1. The first-order chi connectivity index (χ1) is 12.8. The number of piperidine rings is 1. The van der Waals surface area contributed by atoms with Crippen molar-refractivity contribution in [2.45, 2.75) is 31.6 Å². The Morgan fingerprint density at radius 1 is 1.15 bits per heavy atom. The molecular weight excluding hydrogens is 330 g/mol. The fourth-order valence-electron chi connectivity index (χ4n) is 3.52. The molecule has 0 radical (unpaired) electrons. The molecular formula is C20H23N3O3. The van der Waals surface area contributed by atoms with E-state index in [9.17, 15) is 4.79 Å². The van der Waals surface area contributed by atoms with Crippen molar-refractivity contribution in [2.24, 2.45) is 0 Å². The number of nitrogens with zero attached hydrogens (tertiary/aromatic N) is 3. The van der Waals surface area contributed by atoms with Gasteiger partial charge in [0.15, 0.2) is 6.29 Å². The van der Waals surface area contributed by atoms with E-state index in [4.69, 9.17) is 9.47 Å². The Morgan fingerprint density at radius 3 is 2.77 bits per heavy atom. The molecule has 2 saturated heterocycles. The highest BCUT2D eigenvalue weighted by molar-refractivity contribution is 5.92. The first kappa shape index (κ1) is 17.0. The average Bonchev–Trinajstić information content (AvgIpc) is 3.39. The van der Waals surface area contributed by atoms with Gasteiger partial charge in [0.25, 0.3) is 0 Å². The molecule has 26 heavy (non-hydrogen) atoms. The van der Waals surface area contributed by atoms with E-state index in [0.717, 1.165) is 37.1 Å². The second-order valence-corrected chi connectivity index (χ2v) is 6.59. The Balaban J connectivity index is 1.44. The molecule has 0 spiro atoms. The van der Waals surface area contributed by atoms with Crippen LogP contribution in [0.3, 0.4) is 0 Å². The zero-order valence-electron chi connectivity index (χ0n) is 14.7. The largest absolute Gasteiger partial charge is 0.348 e. The predicted octanol–water partition coefficient (Wildman–Crippen LogP) is 2.64. The topological polar surface area (TPSA) is 56.6 Å². The Hall–Kier alpha value is -2.44. The lowest BCUT2D eigenvalue weighted by Gasteiger charge is -2.37. The van der Waals surface area contributed by atoms with Gasteiger partial charge in [0.1, 0.15) is 0 Å². The molecule has 1 atom stereocenters. The van der Waals surface area contributed by atoms with E-state index in [2.05, 4.69) is 5.10 Å². The second-order valence-electron chi connectivity index (χ2n) is 6.59. The smallest absolute Gasteiger partial charge is 0.247 e. The highest BCUT2D eigenvalue weighted by Crippen LogP contribution is 2.24. The van der Waals surface area contributed by atoms with Crippen LogP contribution in [0, 0.1) is 0 Å². The lowest BCUT2D eigenvalue weighted by atomic mass is 10.0. The van der Waals surface area contributed by atoms with Crippen LogP contribution in [0.25, 0.3) is 11.8 Å². The molecule has 0 saturated carbocycles. The Morgan fingerprint density at radius 2 is 1.96 bits per heavy atom. The normalized spacial score (nSPS) is 21.5. The summed E-state index contributed by atoms with van der Waals surface area (Å²) in [6.45, 7) is 1.97. The van der Waals surface area contributed by atoms with Crippen molar-refractivity contribution in [2.75, 3.05) is 19.8 Å². The molecule has 6 nitrogen and oxygen atoms in total. The van der Waals surface area contributed by atoms with E-state index in [1.165, 1.54) is 0 Å². The Kier molecular flexibility index (Phi) is 5.13. The van der Waals surface area contributed by atoms with Crippen LogP contribution in [0.5, 0.6) is 0 Å². The van der Waals surface area contributed by atoms with Crippen molar-refractivity contribution >= 4 is 12.0 Å². The van der Waals surface area contributed by atoms with Gasteiger partial charge in [-0.25, -0.2) is 4.68 Å². The molecule has 1 aromatic heterocycles. The third-order valence-corrected chi connectivity index (χ3v) is 4.84. The van der Waals surface area contributed by atoms with Crippen molar-refractivity contribution in [1.29, 1.82) is 0 Å². The van der Waals surface area contributed by atoms with E-state index in [-0.39, 0.29) is 18.2 Å². The average molecular weight is 353 g/mol. The van der Waals surface area contributed by atoms with Gasteiger partial charge >= 0.3 is 0 Å². The van der Waals surface area contributed by atoms with Crippen LogP contribution in [0.15, 0.2) is 48.8 Å². The second kappa shape index (κ2) is 7.85. The van der Waals surface area contributed by atoms with Gasteiger partial charge in [0, 0.05) is 24.4 Å². The molecule has 2 aliphatic rings. The number of hydrogen-bond acceptors (Lipinski definition) is 4. The fourth-order valence-corrected chi connectivity index (χ4v) is 3.52. The highest BCUT2D eigenvalue weighted by Gasteiger charge is 2.35. The predicted molar refractivity (Wildman–Crippen MR) is 97.6 cm³/mol. The number of para-hydroxylation sites is 1. The van der Waals surface area contributed by atoms with Gasteiger partial charge in [0.2, 0.25) is 5.91 Å². The molecule has 2 aliphatic heterocycles. The van der Waals surface area contributed by atoms with Gasteiger partial charge in [-0.15, -0.1) is 0 Å². The summed E-state index contributed by atoms with van der Waals surface area (Å²) >= 11 is 0. The van der Waals surface area contributed by atoms with Crippen molar-refractivity contribution in [3.8, 4) is 5.69 Å². The Bertz CT molecular complexity index is 766. The molecule has 3 heterocycles. The molecule has 4 rings (SSSR count). The third-order valence-electron chi connectivity index (χ3n) is 4.84. The van der Waals surface area contributed by atoms with E-state index in [0.29, 0.717) is 13.2 Å². The number of carbonyl (C=O) groups excluding carboxylic acids is 1. The fraction of sp³-hybridized carbons (Fsp3) is 0.400. The first-order valence-corrected chi connectivity index (χ1v) is 9.13. The van der Waals surface area contributed by atoms with Crippen LogP contribution in [0.4, 0.5) is 0 Å². The van der Waals surface area contributed by atoms with E-state index < -0.39 is 0 Å². The zero-order valence-corrected chi connectivity index (χ0v) is 14.7. The SMILES string of the molecule is O=C(/C=C/c1cnn(-c2ccccc2)c1)N1CCCCC1C1OCCO1. The molecule has 6 heteroatoms. The minimum Gasteiger partial charge on any atom is -0.348 e. The molecule has 2 fully saturated rings. The molecule has 1 aromatic carbocycles. The van der Waals surface area contributed by atoms with Crippen LogP contribution in [-0.4, -0.2) is 52.7 Å². The number of likely N-dealkylation sites (tertiary alicyclic amines) is 1. The minimum atomic E-state index is -0.284. The summed E-state index contributed by atoms with van der Waals surface area (Å²) in [5.41, 5.74) is 1.88.